The van der Waals surface area contributed by atoms with E-state index >= 15 is 0 Å². The fourth-order valence-corrected chi connectivity index (χ4v) is 3.32. The molecule has 1 saturated carbocycles. The second-order valence-electron chi connectivity index (χ2n) is 4.93. The summed E-state index contributed by atoms with van der Waals surface area (Å²) in [5.41, 5.74) is 0. The standard InChI is InChI=1S/C14H22N2OS/c1-3-12-8-9-13(18-12)14(17)16-11-6-4-10(15-2)5-7-11/h8-11,15H,3-7H2,1-2H3,(H,16,17). The quantitative estimate of drug-likeness (QED) is 0.879. The highest BCUT2D eigenvalue weighted by Crippen LogP contribution is 2.20. The van der Waals surface area contributed by atoms with E-state index < -0.39 is 0 Å². The van der Waals surface area contributed by atoms with Crippen molar-refractivity contribution < 1.29 is 4.79 Å². The maximum atomic E-state index is 12.1. The van der Waals surface area contributed by atoms with Gasteiger partial charge < -0.3 is 10.6 Å². The van der Waals surface area contributed by atoms with Crippen LogP contribution in [0, 0.1) is 0 Å². The summed E-state index contributed by atoms with van der Waals surface area (Å²) in [5, 5.41) is 6.47. The fraction of sp³-hybridized carbons (Fsp3) is 0.643. The van der Waals surface area contributed by atoms with Gasteiger partial charge in [0.1, 0.15) is 0 Å². The maximum absolute atomic E-state index is 12.1. The Bertz CT molecular complexity index is 394. The third-order valence-corrected chi connectivity index (χ3v) is 4.93. The van der Waals surface area contributed by atoms with E-state index in [1.54, 1.807) is 11.3 Å². The van der Waals surface area contributed by atoms with Crippen LogP contribution in [0.2, 0.25) is 0 Å². The molecule has 1 aliphatic rings. The van der Waals surface area contributed by atoms with Gasteiger partial charge in [0.25, 0.3) is 5.91 Å². The van der Waals surface area contributed by atoms with Gasteiger partial charge in [0, 0.05) is 17.0 Å². The zero-order chi connectivity index (χ0) is 13.0. The average molecular weight is 266 g/mol. The lowest BCUT2D eigenvalue weighted by Crippen LogP contribution is -2.41. The van der Waals surface area contributed by atoms with E-state index in [9.17, 15) is 4.79 Å². The van der Waals surface area contributed by atoms with Gasteiger partial charge in [-0.15, -0.1) is 11.3 Å². The molecule has 0 atom stereocenters. The van der Waals surface area contributed by atoms with Crippen molar-refractivity contribution in [2.75, 3.05) is 7.05 Å². The minimum absolute atomic E-state index is 0.104. The summed E-state index contributed by atoms with van der Waals surface area (Å²) in [6, 6.07) is 4.98. The second kappa shape index (κ2) is 6.34. The number of carbonyl (C=O) groups excluding carboxylic acids is 1. The molecule has 1 aliphatic carbocycles. The van der Waals surface area contributed by atoms with Crippen LogP contribution < -0.4 is 10.6 Å². The van der Waals surface area contributed by atoms with Gasteiger partial charge in [-0.25, -0.2) is 0 Å². The Hall–Kier alpha value is -0.870. The first-order valence-electron chi connectivity index (χ1n) is 6.79. The van der Waals surface area contributed by atoms with E-state index in [4.69, 9.17) is 0 Å². The molecule has 0 spiro atoms. The summed E-state index contributed by atoms with van der Waals surface area (Å²) in [4.78, 5) is 14.2. The summed E-state index contributed by atoms with van der Waals surface area (Å²) in [5.74, 6) is 0.104. The van der Waals surface area contributed by atoms with Gasteiger partial charge in [-0.3, -0.25) is 4.79 Å². The van der Waals surface area contributed by atoms with Crippen LogP contribution in [0.4, 0.5) is 0 Å². The molecule has 0 unspecified atom stereocenters. The van der Waals surface area contributed by atoms with E-state index in [2.05, 4.69) is 23.6 Å². The Kier molecular flexibility index (Phi) is 4.78. The molecule has 3 nitrogen and oxygen atoms in total. The highest BCUT2D eigenvalue weighted by Gasteiger charge is 2.22. The highest BCUT2D eigenvalue weighted by molar-refractivity contribution is 7.14. The average Bonchev–Trinajstić information content (AvgIpc) is 2.88. The van der Waals surface area contributed by atoms with E-state index in [0.29, 0.717) is 12.1 Å². The third kappa shape index (κ3) is 3.33. The van der Waals surface area contributed by atoms with Crippen LogP contribution in [0.1, 0.15) is 47.2 Å². The van der Waals surface area contributed by atoms with Crippen molar-refractivity contribution in [1.29, 1.82) is 0 Å². The summed E-state index contributed by atoms with van der Waals surface area (Å²) in [7, 11) is 2.02. The van der Waals surface area contributed by atoms with Gasteiger partial charge in [-0.05, 0) is 51.3 Å². The Morgan fingerprint density at radius 3 is 2.50 bits per heavy atom. The van der Waals surface area contributed by atoms with Crippen LogP contribution in [0.25, 0.3) is 0 Å². The fourth-order valence-electron chi connectivity index (χ4n) is 2.47. The van der Waals surface area contributed by atoms with Crippen molar-refractivity contribution in [3.05, 3.63) is 21.9 Å². The molecular formula is C14H22N2OS. The number of aryl methyl sites for hydroxylation is 1. The number of rotatable bonds is 4. The van der Waals surface area contributed by atoms with Crippen LogP contribution in [0.5, 0.6) is 0 Å². The smallest absolute Gasteiger partial charge is 0.261 e. The van der Waals surface area contributed by atoms with Crippen molar-refractivity contribution in [2.24, 2.45) is 0 Å². The minimum atomic E-state index is 0.104. The van der Waals surface area contributed by atoms with E-state index in [1.807, 2.05) is 13.1 Å². The lowest BCUT2D eigenvalue weighted by Gasteiger charge is -2.28. The van der Waals surface area contributed by atoms with Crippen LogP contribution in [-0.4, -0.2) is 25.0 Å². The number of hydrogen-bond acceptors (Lipinski definition) is 3. The zero-order valence-corrected chi connectivity index (χ0v) is 12.0. The van der Waals surface area contributed by atoms with Crippen LogP contribution in [-0.2, 0) is 6.42 Å². The Labute approximate surface area is 113 Å². The second-order valence-corrected chi connectivity index (χ2v) is 6.10. The van der Waals surface area contributed by atoms with Crippen molar-refractivity contribution in [2.45, 2.75) is 51.1 Å². The van der Waals surface area contributed by atoms with Gasteiger partial charge in [0.05, 0.1) is 4.88 Å². The van der Waals surface area contributed by atoms with Gasteiger partial charge in [0.15, 0.2) is 0 Å². The van der Waals surface area contributed by atoms with E-state index in [-0.39, 0.29) is 5.91 Å². The van der Waals surface area contributed by atoms with Gasteiger partial charge in [0.2, 0.25) is 0 Å². The molecule has 0 aliphatic heterocycles. The number of amides is 1. The Morgan fingerprint density at radius 1 is 1.28 bits per heavy atom. The summed E-state index contributed by atoms with van der Waals surface area (Å²) in [6.07, 6.45) is 5.50. The van der Waals surface area contributed by atoms with Crippen molar-refractivity contribution in [1.82, 2.24) is 10.6 Å². The van der Waals surface area contributed by atoms with Gasteiger partial charge in [-0.1, -0.05) is 6.92 Å². The predicted molar refractivity (Wildman–Crippen MR) is 76.3 cm³/mol. The molecule has 0 bridgehead atoms. The summed E-state index contributed by atoms with van der Waals surface area (Å²) in [6.45, 7) is 2.12. The largest absolute Gasteiger partial charge is 0.349 e. The first-order valence-corrected chi connectivity index (χ1v) is 7.61. The molecule has 2 N–H and O–H groups in total. The summed E-state index contributed by atoms with van der Waals surface area (Å²) >= 11 is 1.61. The molecular weight excluding hydrogens is 244 g/mol. The first kappa shape index (κ1) is 13.6. The molecule has 0 radical (unpaired) electrons. The lowest BCUT2D eigenvalue weighted by atomic mass is 9.91. The van der Waals surface area contributed by atoms with Gasteiger partial charge in [-0.2, -0.15) is 0 Å². The molecule has 100 valence electrons. The van der Waals surface area contributed by atoms with Crippen molar-refractivity contribution in [3.63, 3.8) is 0 Å². The molecule has 1 aromatic rings. The van der Waals surface area contributed by atoms with Crippen molar-refractivity contribution >= 4 is 17.2 Å². The molecule has 0 aromatic carbocycles. The number of thiophene rings is 1. The first-order chi connectivity index (χ1) is 8.72. The predicted octanol–water partition coefficient (Wildman–Crippen LogP) is 2.57. The molecule has 1 aromatic heterocycles. The molecule has 1 fully saturated rings. The molecule has 0 saturated heterocycles. The Balaban J connectivity index is 1.84. The van der Waals surface area contributed by atoms with E-state index in [0.717, 1.165) is 37.0 Å². The zero-order valence-electron chi connectivity index (χ0n) is 11.2. The summed E-state index contributed by atoms with van der Waals surface area (Å²) < 4.78 is 0. The van der Waals surface area contributed by atoms with Crippen LogP contribution in [0.3, 0.4) is 0 Å². The van der Waals surface area contributed by atoms with Crippen molar-refractivity contribution in [3.8, 4) is 0 Å². The highest BCUT2D eigenvalue weighted by atomic mass is 32.1. The molecule has 1 amide bonds. The SMILES string of the molecule is CCc1ccc(C(=O)NC2CCC(NC)CC2)s1. The molecule has 4 heteroatoms. The number of carbonyl (C=O) groups is 1. The van der Waals surface area contributed by atoms with Crippen LogP contribution >= 0.6 is 11.3 Å². The van der Waals surface area contributed by atoms with Crippen LogP contribution in [0.15, 0.2) is 12.1 Å². The maximum Gasteiger partial charge on any atom is 0.261 e. The monoisotopic (exact) mass is 266 g/mol. The third-order valence-electron chi connectivity index (χ3n) is 3.70. The number of nitrogens with one attached hydrogen (secondary N) is 2. The number of hydrogen-bond donors (Lipinski definition) is 2. The molecule has 18 heavy (non-hydrogen) atoms. The Morgan fingerprint density at radius 2 is 1.94 bits per heavy atom. The minimum Gasteiger partial charge on any atom is -0.349 e. The molecule has 2 rings (SSSR count). The topological polar surface area (TPSA) is 41.1 Å². The molecule has 1 heterocycles. The van der Waals surface area contributed by atoms with E-state index in [1.165, 1.54) is 4.88 Å². The van der Waals surface area contributed by atoms with Gasteiger partial charge >= 0.3 is 0 Å². The normalized spacial score (nSPS) is 23.9. The lowest BCUT2D eigenvalue weighted by molar-refractivity contribution is 0.0929.